The van der Waals surface area contributed by atoms with Crippen LogP contribution in [0.4, 0.5) is 10.2 Å². The normalized spacial score (nSPS) is 16.6. The Bertz CT molecular complexity index is 965. The average molecular weight is 351 g/mol. The maximum Gasteiger partial charge on any atom is 0.255 e. The highest BCUT2D eigenvalue weighted by Crippen LogP contribution is 2.31. The van der Waals surface area contributed by atoms with E-state index in [1.54, 1.807) is 12.1 Å². The number of amides is 1. The van der Waals surface area contributed by atoms with Gasteiger partial charge in [0.2, 0.25) is 0 Å². The molecule has 4 rings (SSSR count). The third-order valence-corrected chi connectivity index (χ3v) is 4.89. The van der Waals surface area contributed by atoms with Gasteiger partial charge in [0.15, 0.2) is 6.04 Å². The van der Waals surface area contributed by atoms with Crippen LogP contribution in [-0.4, -0.2) is 16.6 Å². The molecular weight excluding hydrogens is 337 g/mol. The van der Waals surface area contributed by atoms with Crippen molar-refractivity contribution in [2.45, 2.75) is 13.0 Å². The van der Waals surface area contributed by atoms with Gasteiger partial charge < -0.3 is 5.32 Å². The predicted octanol–water partition coefficient (Wildman–Crippen LogP) is 4.12. The lowest BCUT2D eigenvalue weighted by molar-refractivity contribution is -0.117. The number of aliphatic imine (C=N–C) groups is 1. The summed E-state index contributed by atoms with van der Waals surface area (Å²) < 4.78 is 13.3. The second-order valence-corrected chi connectivity index (χ2v) is 6.72. The van der Waals surface area contributed by atoms with E-state index in [0.29, 0.717) is 11.5 Å². The first-order valence-corrected chi connectivity index (χ1v) is 8.66. The highest BCUT2D eigenvalue weighted by Gasteiger charge is 2.28. The predicted molar refractivity (Wildman–Crippen MR) is 96.7 cm³/mol. The molecule has 3 aromatic rings. The molecule has 0 saturated carbocycles. The summed E-state index contributed by atoms with van der Waals surface area (Å²) >= 11 is 1.48. The number of fused-ring (bicyclic) bond motifs is 1. The lowest BCUT2D eigenvalue weighted by atomic mass is 10.0. The summed E-state index contributed by atoms with van der Waals surface area (Å²) in [6.45, 7) is 1.86. The van der Waals surface area contributed by atoms with E-state index in [4.69, 9.17) is 4.99 Å². The quantitative estimate of drug-likeness (QED) is 0.755. The fourth-order valence-corrected chi connectivity index (χ4v) is 3.52. The van der Waals surface area contributed by atoms with E-state index in [-0.39, 0.29) is 11.7 Å². The van der Waals surface area contributed by atoms with Crippen LogP contribution in [0.1, 0.15) is 27.7 Å². The Kier molecular flexibility index (Phi) is 3.89. The van der Waals surface area contributed by atoms with Crippen molar-refractivity contribution in [1.82, 2.24) is 4.98 Å². The Labute approximate surface area is 148 Å². The van der Waals surface area contributed by atoms with Gasteiger partial charge in [0.25, 0.3) is 5.91 Å². The lowest BCUT2D eigenvalue weighted by Gasteiger charge is -2.09. The van der Waals surface area contributed by atoms with Crippen LogP contribution in [0.5, 0.6) is 0 Å². The van der Waals surface area contributed by atoms with Gasteiger partial charge in [-0.3, -0.25) is 9.79 Å². The number of hydrogen-bond acceptors (Lipinski definition) is 4. The number of nitrogens with one attached hydrogen (secondary N) is 1. The zero-order valence-corrected chi connectivity index (χ0v) is 14.2. The number of aromatic nitrogens is 1. The Morgan fingerprint density at radius 1 is 1.12 bits per heavy atom. The van der Waals surface area contributed by atoms with Crippen molar-refractivity contribution in [3.8, 4) is 0 Å². The molecule has 1 aliphatic rings. The Balaban J connectivity index is 1.92. The van der Waals surface area contributed by atoms with Crippen molar-refractivity contribution in [1.29, 1.82) is 0 Å². The van der Waals surface area contributed by atoms with Gasteiger partial charge in [0.1, 0.15) is 11.6 Å². The summed E-state index contributed by atoms with van der Waals surface area (Å²) in [6.07, 6.45) is 0. The van der Waals surface area contributed by atoms with E-state index < -0.39 is 6.04 Å². The first-order chi connectivity index (χ1) is 12.1. The second-order valence-electron chi connectivity index (χ2n) is 5.74. The molecule has 1 N–H and O–H groups in total. The van der Waals surface area contributed by atoms with Crippen molar-refractivity contribution in [2.75, 3.05) is 5.32 Å². The van der Waals surface area contributed by atoms with E-state index in [0.717, 1.165) is 21.7 Å². The molecule has 1 aromatic carbocycles. The van der Waals surface area contributed by atoms with Crippen LogP contribution in [0.15, 0.2) is 58.9 Å². The lowest BCUT2D eigenvalue weighted by Crippen LogP contribution is -2.18. The summed E-state index contributed by atoms with van der Waals surface area (Å²) in [6, 6.07) is 13.0. The van der Waals surface area contributed by atoms with E-state index >= 15 is 0 Å². The Morgan fingerprint density at radius 3 is 2.64 bits per heavy atom. The van der Waals surface area contributed by atoms with Crippen molar-refractivity contribution in [3.63, 3.8) is 0 Å². The zero-order chi connectivity index (χ0) is 17.4. The third-order valence-electron chi connectivity index (χ3n) is 3.97. The first kappa shape index (κ1) is 15.7. The van der Waals surface area contributed by atoms with Crippen molar-refractivity contribution >= 4 is 28.8 Å². The molecular formula is C19H14FN3OS. The highest BCUT2D eigenvalue weighted by atomic mass is 32.1. The first-order valence-electron chi connectivity index (χ1n) is 7.78. The molecule has 1 atom stereocenters. The van der Waals surface area contributed by atoms with Gasteiger partial charge in [-0.05, 0) is 54.8 Å². The molecule has 6 heteroatoms. The highest BCUT2D eigenvalue weighted by molar-refractivity contribution is 7.10. The molecule has 124 valence electrons. The number of halogens is 1. The van der Waals surface area contributed by atoms with E-state index in [1.165, 1.54) is 23.5 Å². The number of benzene rings is 1. The maximum atomic E-state index is 13.3. The summed E-state index contributed by atoms with van der Waals surface area (Å²) in [5.41, 5.74) is 2.89. The standard InChI is InChI=1S/C19H14FN3OS/c1-11-4-9-14-16(12-5-7-13(20)8-6-12)22-17(15-3-2-10-25-15)19(24)23-18(14)21-11/h2-10,17H,1H3,(H,21,23,24). The van der Waals surface area contributed by atoms with Crippen molar-refractivity contribution in [2.24, 2.45) is 4.99 Å². The molecule has 0 radical (unpaired) electrons. The molecule has 1 amide bonds. The number of hydrogen-bond donors (Lipinski definition) is 1. The SMILES string of the molecule is Cc1ccc2c(n1)NC(=O)C(c1cccs1)N=C2c1ccc(F)cc1. The van der Waals surface area contributed by atoms with Gasteiger partial charge in [-0.25, -0.2) is 9.37 Å². The number of carbonyl (C=O) groups is 1. The summed E-state index contributed by atoms with van der Waals surface area (Å²) in [7, 11) is 0. The molecule has 0 bridgehead atoms. The molecule has 0 fully saturated rings. The van der Waals surface area contributed by atoms with Gasteiger partial charge in [-0.15, -0.1) is 11.3 Å². The second kappa shape index (κ2) is 6.22. The molecule has 0 aliphatic carbocycles. The van der Waals surface area contributed by atoms with Gasteiger partial charge in [0, 0.05) is 21.7 Å². The van der Waals surface area contributed by atoms with Gasteiger partial charge in [-0.1, -0.05) is 6.07 Å². The van der Waals surface area contributed by atoms with Gasteiger partial charge >= 0.3 is 0 Å². The fourth-order valence-electron chi connectivity index (χ4n) is 2.76. The minimum atomic E-state index is -0.658. The monoisotopic (exact) mass is 351 g/mol. The summed E-state index contributed by atoms with van der Waals surface area (Å²) in [5.74, 6) is -0.0599. The zero-order valence-electron chi connectivity index (χ0n) is 13.4. The van der Waals surface area contributed by atoms with Crippen LogP contribution in [0.25, 0.3) is 0 Å². The smallest absolute Gasteiger partial charge is 0.255 e. The van der Waals surface area contributed by atoms with Crippen molar-refractivity contribution in [3.05, 3.63) is 81.4 Å². The molecule has 0 saturated heterocycles. The number of carbonyl (C=O) groups excluding carboxylic acids is 1. The summed E-state index contributed by atoms with van der Waals surface area (Å²) in [4.78, 5) is 22.7. The molecule has 3 heterocycles. The van der Waals surface area contributed by atoms with Crippen LogP contribution < -0.4 is 5.32 Å². The number of aryl methyl sites for hydroxylation is 1. The van der Waals surface area contributed by atoms with E-state index in [1.807, 2.05) is 36.6 Å². The minimum Gasteiger partial charge on any atom is -0.308 e. The van der Waals surface area contributed by atoms with E-state index in [9.17, 15) is 9.18 Å². The van der Waals surface area contributed by atoms with Crippen LogP contribution in [0.2, 0.25) is 0 Å². The number of rotatable bonds is 2. The van der Waals surface area contributed by atoms with Gasteiger partial charge in [-0.2, -0.15) is 0 Å². The third kappa shape index (κ3) is 2.96. The Hall–Kier alpha value is -2.86. The molecule has 1 aliphatic heterocycles. The van der Waals surface area contributed by atoms with Gasteiger partial charge in [0.05, 0.1) is 5.71 Å². The molecule has 0 spiro atoms. The number of thiophene rings is 1. The fraction of sp³-hybridized carbons (Fsp3) is 0.105. The summed E-state index contributed by atoms with van der Waals surface area (Å²) in [5, 5.41) is 4.79. The largest absolute Gasteiger partial charge is 0.308 e. The average Bonchev–Trinajstić information content (AvgIpc) is 3.07. The van der Waals surface area contributed by atoms with Crippen LogP contribution >= 0.6 is 11.3 Å². The molecule has 2 aromatic heterocycles. The maximum absolute atomic E-state index is 13.3. The van der Waals surface area contributed by atoms with Crippen LogP contribution in [0.3, 0.4) is 0 Å². The van der Waals surface area contributed by atoms with Crippen molar-refractivity contribution < 1.29 is 9.18 Å². The topological polar surface area (TPSA) is 54.4 Å². The minimum absolute atomic E-state index is 0.223. The molecule has 1 unspecified atom stereocenters. The van der Waals surface area contributed by atoms with Crippen LogP contribution in [-0.2, 0) is 4.79 Å². The number of anilines is 1. The number of nitrogens with zero attached hydrogens (tertiary/aromatic N) is 2. The van der Waals surface area contributed by atoms with Crippen LogP contribution in [0, 0.1) is 12.7 Å². The van der Waals surface area contributed by atoms with E-state index in [2.05, 4.69) is 10.3 Å². The molecule has 25 heavy (non-hydrogen) atoms. The Morgan fingerprint density at radius 2 is 1.92 bits per heavy atom. The number of pyridine rings is 1. The molecule has 4 nitrogen and oxygen atoms in total.